The molecular weight excluding hydrogens is 212 g/mol. The molecule has 2 heteroatoms. The number of hydrogen-bond acceptors (Lipinski definition) is 2. The summed E-state index contributed by atoms with van der Waals surface area (Å²) in [5.74, 6) is -0.359. The summed E-state index contributed by atoms with van der Waals surface area (Å²) in [6.07, 6.45) is 9.75. The lowest BCUT2D eigenvalue weighted by Crippen LogP contribution is -1.97. The van der Waals surface area contributed by atoms with E-state index in [2.05, 4.69) is 38.0 Å². The Balaban J connectivity index is -0.000000202. The van der Waals surface area contributed by atoms with Crippen molar-refractivity contribution in [3.63, 3.8) is 0 Å². The van der Waals surface area contributed by atoms with Crippen LogP contribution in [0, 0.1) is 0 Å². The van der Waals surface area contributed by atoms with Crippen LogP contribution in [0.4, 0.5) is 0 Å². The molecule has 0 spiro atoms. The van der Waals surface area contributed by atoms with Crippen molar-refractivity contribution in [1.82, 2.24) is 0 Å². The van der Waals surface area contributed by atoms with Gasteiger partial charge in [0.1, 0.15) is 0 Å². The molecule has 17 heavy (non-hydrogen) atoms. The van der Waals surface area contributed by atoms with Crippen LogP contribution in [0.2, 0.25) is 0 Å². The van der Waals surface area contributed by atoms with Crippen LogP contribution in [-0.4, -0.2) is 12.6 Å². The van der Waals surface area contributed by atoms with Gasteiger partial charge in [-0.1, -0.05) is 38.8 Å². The molecule has 0 aromatic heterocycles. The van der Waals surface area contributed by atoms with Gasteiger partial charge in [0.05, 0.1) is 6.61 Å². The fourth-order valence-corrected chi connectivity index (χ4v) is 0.917. The Bertz CT molecular complexity index is 174. The zero-order chi connectivity index (χ0) is 13.9. The van der Waals surface area contributed by atoms with Crippen molar-refractivity contribution in [2.75, 3.05) is 6.61 Å². The molecule has 0 atom stereocenters. The lowest BCUT2D eigenvalue weighted by Gasteiger charge is -1.91. The van der Waals surface area contributed by atoms with Crippen LogP contribution < -0.4 is 0 Å². The van der Waals surface area contributed by atoms with E-state index in [0.29, 0.717) is 6.61 Å². The maximum atomic E-state index is 10.1. The van der Waals surface area contributed by atoms with Gasteiger partial charge >= 0.3 is 5.97 Å². The van der Waals surface area contributed by atoms with Crippen molar-refractivity contribution in [1.29, 1.82) is 0 Å². The average molecular weight is 240 g/mol. The highest BCUT2D eigenvalue weighted by Gasteiger charge is 1.86. The number of rotatable bonds is 7. The Labute approximate surface area is 107 Å². The Kier molecular flexibility index (Phi) is 29.8. The molecule has 0 saturated carbocycles. The van der Waals surface area contributed by atoms with Crippen molar-refractivity contribution in [3.05, 3.63) is 38.5 Å². The minimum atomic E-state index is -0.359. The molecule has 0 rings (SSSR count). The van der Waals surface area contributed by atoms with Gasteiger partial charge in [-0.05, 0) is 19.8 Å². The van der Waals surface area contributed by atoms with Crippen LogP contribution in [0.15, 0.2) is 38.5 Å². The van der Waals surface area contributed by atoms with Crippen LogP contribution in [0.25, 0.3) is 0 Å². The fourth-order valence-electron chi connectivity index (χ4n) is 0.917. The number of allylic oxidation sites excluding steroid dienone is 1. The Hall–Kier alpha value is -1.31. The molecule has 100 valence electrons. The molecule has 0 aromatic carbocycles. The summed E-state index contributed by atoms with van der Waals surface area (Å²) >= 11 is 0. The van der Waals surface area contributed by atoms with Gasteiger partial charge in [0.15, 0.2) is 0 Å². The molecule has 0 aliphatic heterocycles. The van der Waals surface area contributed by atoms with Gasteiger partial charge in [-0.3, -0.25) is 0 Å². The summed E-state index contributed by atoms with van der Waals surface area (Å²) in [5, 5.41) is 0. The maximum absolute atomic E-state index is 10.1. The third-order valence-electron chi connectivity index (χ3n) is 1.72. The van der Waals surface area contributed by atoms with Gasteiger partial charge in [-0.25, -0.2) is 4.79 Å². The second-order valence-corrected chi connectivity index (χ2v) is 3.09. The molecule has 0 aromatic rings. The van der Waals surface area contributed by atoms with Gasteiger partial charge in [0.2, 0.25) is 0 Å². The number of hydrogen-bond donors (Lipinski definition) is 0. The van der Waals surface area contributed by atoms with Gasteiger partial charge in [-0.2, -0.15) is 0 Å². The summed E-state index contributed by atoms with van der Waals surface area (Å²) in [4.78, 5) is 10.1. The van der Waals surface area contributed by atoms with Crippen LogP contribution in [0.3, 0.4) is 0 Å². The first-order valence-electron chi connectivity index (χ1n) is 6.12. The maximum Gasteiger partial charge on any atom is 0.330 e. The summed E-state index contributed by atoms with van der Waals surface area (Å²) in [6.45, 7) is 17.3. The number of esters is 1. The van der Waals surface area contributed by atoms with Crippen LogP contribution in [-0.2, 0) is 9.53 Å². The van der Waals surface area contributed by atoms with E-state index in [1.54, 1.807) is 6.92 Å². The first-order valence-corrected chi connectivity index (χ1v) is 6.12. The molecule has 0 bridgehead atoms. The zero-order valence-corrected chi connectivity index (χ0v) is 11.5. The summed E-state index contributed by atoms with van der Waals surface area (Å²) < 4.78 is 4.43. The lowest BCUT2D eigenvalue weighted by atomic mass is 10.2. The highest BCUT2D eigenvalue weighted by molar-refractivity contribution is 5.81. The summed E-state index contributed by atoms with van der Waals surface area (Å²) in [6, 6.07) is 0. The minimum absolute atomic E-state index is 0.359. The minimum Gasteiger partial charge on any atom is -0.463 e. The van der Waals surface area contributed by atoms with Crippen molar-refractivity contribution >= 4 is 5.97 Å². The average Bonchev–Trinajstić information content (AvgIpc) is 2.38. The van der Waals surface area contributed by atoms with E-state index < -0.39 is 0 Å². The number of carbonyl (C=O) groups is 1. The molecule has 0 N–H and O–H groups in total. The third-order valence-corrected chi connectivity index (χ3v) is 1.72. The second kappa shape index (κ2) is 24.1. The van der Waals surface area contributed by atoms with E-state index in [1.807, 2.05) is 6.08 Å². The van der Waals surface area contributed by atoms with Gasteiger partial charge in [0, 0.05) is 6.08 Å². The molecule has 0 aliphatic carbocycles. The quantitative estimate of drug-likeness (QED) is 0.279. The zero-order valence-electron chi connectivity index (χ0n) is 11.5. The standard InChI is InChI=1S/C8H16.C5H8O2.C2H4/c1-3-5-7-8-6-4-2;1-3-5(6)7-4-2;1-2/h3H,1,4-8H2,2H3;3H,1,4H2,2H3;1-2H2. The second-order valence-electron chi connectivity index (χ2n) is 3.09. The number of unbranched alkanes of at least 4 members (excludes halogenated alkanes) is 4. The van der Waals surface area contributed by atoms with Gasteiger partial charge in [-0.15, -0.1) is 19.7 Å². The van der Waals surface area contributed by atoms with Crippen LogP contribution in [0.5, 0.6) is 0 Å². The smallest absolute Gasteiger partial charge is 0.330 e. The molecule has 0 radical (unpaired) electrons. The molecule has 0 unspecified atom stereocenters. The Morgan fingerprint density at radius 1 is 1.12 bits per heavy atom. The predicted octanol–water partition coefficient (Wildman–Crippen LogP) is 4.68. The van der Waals surface area contributed by atoms with E-state index in [0.717, 1.165) is 6.08 Å². The Morgan fingerprint density at radius 3 is 2.00 bits per heavy atom. The van der Waals surface area contributed by atoms with Gasteiger partial charge < -0.3 is 4.74 Å². The lowest BCUT2D eigenvalue weighted by molar-refractivity contribution is -0.137. The number of carbonyl (C=O) groups excluding carboxylic acids is 1. The normalized spacial score (nSPS) is 7.65. The van der Waals surface area contributed by atoms with E-state index in [1.165, 1.54) is 32.1 Å². The first kappa shape index (κ1) is 21.0. The van der Waals surface area contributed by atoms with Crippen LogP contribution in [0.1, 0.15) is 46.0 Å². The predicted molar refractivity (Wildman–Crippen MR) is 77.0 cm³/mol. The highest BCUT2D eigenvalue weighted by atomic mass is 16.5. The van der Waals surface area contributed by atoms with Crippen molar-refractivity contribution < 1.29 is 9.53 Å². The third kappa shape index (κ3) is 31.3. The summed E-state index contributed by atoms with van der Waals surface area (Å²) in [5.41, 5.74) is 0. The van der Waals surface area contributed by atoms with E-state index in [4.69, 9.17) is 0 Å². The Morgan fingerprint density at radius 2 is 1.71 bits per heavy atom. The van der Waals surface area contributed by atoms with Gasteiger partial charge in [0.25, 0.3) is 0 Å². The van der Waals surface area contributed by atoms with Crippen molar-refractivity contribution in [3.8, 4) is 0 Å². The molecule has 0 amide bonds. The molecule has 0 fully saturated rings. The molecule has 0 heterocycles. The fraction of sp³-hybridized carbons (Fsp3) is 0.533. The van der Waals surface area contributed by atoms with E-state index in [-0.39, 0.29) is 5.97 Å². The monoisotopic (exact) mass is 240 g/mol. The van der Waals surface area contributed by atoms with Crippen LogP contribution >= 0.6 is 0 Å². The molecule has 0 saturated heterocycles. The van der Waals surface area contributed by atoms with Crippen molar-refractivity contribution in [2.24, 2.45) is 0 Å². The number of ether oxygens (including phenoxy) is 1. The van der Waals surface area contributed by atoms with E-state index in [9.17, 15) is 4.79 Å². The topological polar surface area (TPSA) is 26.3 Å². The molecule has 0 aliphatic rings. The molecule has 2 nitrogen and oxygen atoms in total. The summed E-state index contributed by atoms with van der Waals surface area (Å²) in [7, 11) is 0. The van der Waals surface area contributed by atoms with Crippen molar-refractivity contribution in [2.45, 2.75) is 46.0 Å². The highest BCUT2D eigenvalue weighted by Crippen LogP contribution is 2.01. The van der Waals surface area contributed by atoms with E-state index >= 15 is 0 Å². The largest absolute Gasteiger partial charge is 0.463 e. The SMILES string of the molecule is C=C.C=CC(=O)OCC.C=CCCCCCC. The first-order chi connectivity index (χ1) is 8.22. The molecular formula is C15H28O2.